The molecular formula is C21H27ClN2O3. The molecule has 27 heavy (non-hydrogen) atoms. The minimum atomic E-state index is 0.237. The molecule has 0 aromatic heterocycles. The summed E-state index contributed by atoms with van der Waals surface area (Å²) in [7, 11) is 3.33. The third-order valence-electron chi connectivity index (χ3n) is 4.86. The van der Waals surface area contributed by atoms with Crippen LogP contribution in [-0.4, -0.2) is 52.0 Å². The normalized spacial score (nSPS) is 16.1. The van der Waals surface area contributed by atoms with Crippen LogP contribution in [0.25, 0.3) is 0 Å². The third kappa shape index (κ3) is 5.36. The van der Waals surface area contributed by atoms with Crippen LogP contribution in [0.4, 0.5) is 0 Å². The molecule has 1 unspecified atom stereocenters. The minimum Gasteiger partial charge on any atom is -0.493 e. The number of morpholine rings is 1. The molecule has 3 rings (SSSR count). The Morgan fingerprint density at radius 1 is 1.04 bits per heavy atom. The monoisotopic (exact) mass is 390 g/mol. The molecule has 0 saturated carbocycles. The van der Waals surface area contributed by atoms with Gasteiger partial charge in [-0.15, -0.1) is 0 Å². The Hall–Kier alpha value is -1.79. The lowest BCUT2D eigenvalue weighted by Crippen LogP contribution is -2.42. The van der Waals surface area contributed by atoms with Gasteiger partial charge in [0.05, 0.1) is 27.4 Å². The van der Waals surface area contributed by atoms with Crippen LogP contribution in [0.5, 0.6) is 11.5 Å². The van der Waals surface area contributed by atoms with Crippen molar-refractivity contribution in [2.45, 2.75) is 12.6 Å². The van der Waals surface area contributed by atoms with E-state index in [1.807, 2.05) is 18.2 Å². The average molecular weight is 391 g/mol. The number of rotatable bonds is 8. The summed E-state index contributed by atoms with van der Waals surface area (Å²) in [4.78, 5) is 2.46. The van der Waals surface area contributed by atoms with Gasteiger partial charge in [-0.25, -0.2) is 0 Å². The fourth-order valence-corrected chi connectivity index (χ4v) is 3.49. The van der Waals surface area contributed by atoms with Crippen molar-refractivity contribution in [3.8, 4) is 11.5 Å². The average Bonchev–Trinajstić information content (AvgIpc) is 2.72. The van der Waals surface area contributed by atoms with Crippen molar-refractivity contribution < 1.29 is 14.2 Å². The maximum atomic E-state index is 5.97. The lowest BCUT2D eigenvalue weighted by atomic mass is 10.0. The first-order valence-corrected chi connectivity index (χ1v) is 9.58. The molecule has 1 N–H and O–H groups in total. The van der Waals surface area contributed by atoms with E-state index in [2.05, 4.69) is 34.5 Å². The van der Waals surface area contributed by atoms with Crippen LogP contribution in [0.15, 0.2) is 42.5 Å². The summed E-state index contributed by atoms with van der Waals surface area (Å²) in [5, 5.41) is 4.34. The van der Waals surface area contributed by atoms with Crippen LogP contribution in [-0.2, 0) is 11.3 Å². The van der Waals surface area contributed by atoms with Gasteiger partial charge in [0.25, 0.3) is 0 Å². The summed E-state index contributed by atoms with van der Waals surface area (Å²) in [5.41, 5.74) is 2.42. The zero-order valence-electron chi connectivity index (χ0n) is 15.9. The van der Waals surface area contributed by atoms with Gasteiger partial charge in [-0.05, 0) is 35.4 Å². The van der Waals surface area contributed by atoms with E-state index in [4.69, 9.17) is 25.8 Å². The smallest absolute Gasteiger partial charge is 0.161 e. The molecule has 1 aliphatic heterocycles. The van der Waals surface area contributed by atoms with Gasteiger partial charge < -0.3 is 19.5 Å². The van der Waals surface area contributed by atoms with Gasteiger partial charge in [-0.2, -0.15) is 0 Å². The summed E-state index contributed by atoms with van der Waals surface area (Å²) >= 11 is 5.97. The maximum absolute atomic E-state index is 5.97. The van der Waals surface area contributed by atoms with Crippen molar-refractivity contribution in [3.05, 3.63) is 58.6 Å². The summed E-state index contributed by atoms with van der Waals surface area (Å²) in [6.45, 7) is 4.99. The molecule has 0 spiro atoms. The van der Waals surface area contributed by atoms with Gasteiger partial charge in [0.2, 0.25) is 0 Å². The highest BCUT2D eigenvalue weighted by molar-refractivity contribution is 6.30. The number of benzene rings is 2. The van der Waals surface area contributed by atoms with E-state index in [1.165, 1.54) is 11.1 Å². The first kappa shape index (κ1) is 20.0. The Labute approximate surface area is 166 Å². The summed E-state index contributed by atoms with van der Waals surface area (Å²) in [6, 6.07) is 14.3. The fourth-order valence-electron chi connectivity index (χ4n) is 3.36. The summed E-state index contributed by atoms with van der Waals surface area (Å²) in [6.07, 6.45) is 0. The second-order valence-electron chi connectivity index (χ2n) is 6.54. The first-order chi connectivity index (χ1) is 13.2. The molecule has 0 radical (unpaired) electrons. The van der Waals surface area contributed by atoms with Gasteiger partial charge in [0, 0.05) is 37.2 Å². The molecule has 0 bridgehead atoms. The van der Waals surface area contributed by atoms with E-state index in [0.29, 0.717) is 0 Å². The van der Waals surface area contributed by atoms with E-state index >= 15 is 0 Å². The van der Waals surface area contributed by atoms with E-state index in [1.54, 1.807) is 14.2 Å². The van der Waals surface area contributed by atoms with E-state index in [9.17, 15) is 0 Å². The second kappa shape index (κ2) is 9.95. The molecule has 1 heterocycles. The highest BCUT2D eigenvalue weighted by atomic mass is 35.5. The molecule has 1 saturated heterocycles. The van der Waals surface area contributed by atoms with Gasteiger partial charge in [0.1, 0.15) is 0 Å². The van der Waals surface area contributed by atoms with Gasteiger partial charge in [0.15, 0.2) is 11.5 Å². The van der Waals surface area contributed by atoms with E-state index in [-0.39, 0.29) is 6.04 Å². The molecule has 6 heteroatoms. The van der Waals surface area contributed by atoms with Crippen molar-refractivity contribution in [2.75, 3.05) is 47.1 Å². The van der Waals surface area contributed by atoms with Crippen molar-refractivity contribution in [1.29, 1.82) is 0 Å². The van der Waals surface area contributed by atoms with E-state index in [0.717, 1.165) is 55.9 Å². The Balaban J connectivity index is 1.73. The molecule has 0 amide bonds. The molecule has 146 valence electrons. The van der Waals surface area contributed by atoms with Crippen molar-refractivity contribution in [2.24, 2.45) is 0 Å². The predicted molar refractivity (Wildman–Crippen MR) is 108 cm³/mol. The van der Waals surface area contributed by atoms with Crippen LogP contribution in [0.3, 0.4) is 0 Å². The molecule has 0 aliphatic carbocycles. The van der Waals surface area contributed by atoms with Gasteiger partial charge >= 0.3 is 0 Å². The summed E-state index contributed by atoms with van der Waals surface area (Å²) < 4.78 is 16.4. The number of hydrogen-bond donors (Lipinski definition) is 1. The lowest BCUT2D eigenvalue weighted by Gasteiger charge is -2.35. The van der Waals surface area contributed by atoms with Crippen LogP contribution in [0.1, 0.15) is 17.2 Å². The molecule has 1 fully saturated rings. The molecule has 5 nitrogen and oxygen atoms in total. The zero-order valence-corrected chi connectivity index (χ0v) is 16.7. The van der Waals surface area contributed by atoms with Crippen LogP contribution < -0.4 is 14.8 Å². The first-order valence-electron chi connectivity index (χ1n) is 9.20. The number of methoxy groups -OCH3 is 2. The predicted octanol–water partition coefficient (Wildman–Crippen LogP) is 3.52. The fraction of sp³-hybridized carbons (Fsp3) is 0.429. The Kier molecular flexibility index (Phi) is 7.35. The molecule has 1 aliphatic rings. The van der Waals surface area contributed by atoms with Crippen LogP contribution in [0.2, 0.25) is 5.02 Å². The molecule has 2 aromatic carbocycles. The Morgan fingerprint density at radius 3 is 2.41 bits per heavy atom. The number of halogens is 1. The maximum Gasteiger partial charge on any atom is 0.161 e. The Morgan fingerprint density at radius 2 is 1.74 bits per heavy atom. The topological polar surface area (TPSA) is 43.0 Å². The molecular weight excluding hydrogens is 364 g/mol. The SMILES string of the molecule is COc1ccc(C(CNCc2ccc(Cl)cc2)N2CCOCC2)cc1OC. The number of ether oxygens (including phenoxy) is 3. The van der Waals surface area contributed by atoms with E-state index < -0.39 is 0 Å². The number of nitrogens with zero attached hydrogens (tertiary/aromatic N) is 1. The molecule has 1 atom stereocenters. The zero-order chi connectivity index (χ0) is 19.1. The largest absolute Gasteiger partial charge is 0.493 e. The van der Waals surface area contributed by atoms with Crippen molar-refractivity contribution in [3.63, 3.8) is 0 Å². The highest BCUT2D eigenvalue weighted by Crippen LogP contribution is 2.32. The highest BCUT2D eigenvalue weighted by Gasteiger charge is 2.23. The quantitative estimate of drug-likeness (QED) is 0.747. The Bertz CT molecular complexity index is 718. The van der Waals surface area contributed by atoms with Crippen LogP contribution in [0, 0.1) is 0 Å². The van der Waals surface area contributed by atoms with Gasteiger partial charge in [-0.1, -0.05) is 29.8 Å². The second-order valence-corrected chi connectivity index (χ2v) is 6.97. The standard InChI is InChI=1S/C21H27ClN2O3/c1-25-20-8-5-17(13-21(20)26-2)19(24-9-11-27-12-10-24)15-23-14-16-3-6-18(22)7-4-16/h3-8,13,19,23H,9-12,14-15H2,1-2H3. The van der Waals surface area contributed by atoms with Crippen molar-refractivity contribution in [1.82, 2.24) is 10.2 Å². The van der Waals surface area contributed by atoms with Crippen LogP contribution >= 0.6 is 11.6 Å². The lowest BCUT2D eigenvalue weighted by molar-refractivity contribution is 0.0160. The third-order valence-corrected chi connectivity index (χ3v) is 5.11. The number of hydrogen-bond acceptors (Lipinski definition) is 5. The minimum absolute atomic E-state index is 0.237. The van der Waals surface area contributed by atoms with Gasteiger partial charge in [-0.3, -0.25) is 4.90 Å². The van der Waals surface area contributed by atoms with Crippen molar-refractivity contribution >= 4 is 11.6 Å². The molecule has 2 aromatic rings. The summed E-state index contributed by atoms with van der Waals surface area (Å²) in [5.74, 6) is 1.50. The number of nitrogens with one attached hydrogen (secondary N) is 1.